The molecule has 0 radical (unpaired) electrons. The number of nitrogens with one attached hydrogen (secondary N) is 2. The molecule has 1 heterocycles. The van der Waals surface area contributed by atoms with Crippen LogP contribution in [0.3, 0.4) is 0 Å². The van der Waals surface area contributed by atoms with Crippen LogP contribution in [0.2, 0.25) is 0 Å². The molecule has 0 saturated heterocycles. The molecular formula is C20H19N3O3S. The second-order valence-corrected chi connectivity index (χ2v) is 7.07. The lowest BCUT2D eigenvalue weighted by Gasteiger charge is -2.25. The predicted molar refractivity (Wildman–Crippen MR) is 104 cm³/mol. The summed E-state index contributed by atoms with van der Waals surface area (Å²) in [5.41, 5.74) is 2.28. The minimum Gasteiger partial charge on any atom is -0.478 e. The third-order valence-corrected chi connectivity index (χ3v) is 5.05. The molecule has 0 aliphatic carbocycles. The highest BCUT2D eigenvalue weighted by Crippen LogP contribution is 2.29. The minimum atomic E-state index is -0.824. The van der Waals surface area contributed by atoms with Crippen molar-refractivity contribution in [2.75, 3.05) is 17.6 Å². The molecule has 2 amide bonds. The summed E-state index contributed by atoms with van der Waals surface area (Å²) in [5.74, 6) is 1.46. The second kappa shape index (κ2) is 9.10. The van der Waals surface area contributed by atoms with Crippen LogP contribution in [0.25, 0.3) is 0 Å². The molecule has 138 valence electrons. The summed E-state index contributed by atoms with van der Waals surface area (Å²) in [7, 11) is 0. The Labute approximate surface area is 161 Å². The quantitative estimate of drug-likeness (QED) is 0.720. The maximum absolute atomic E-state index is 12.1. The van der Waals surface area contributed by atoms with Crippen molar-refractivity contribution in [3.63, 3.8) is 0 Å². The standard InChI is InChI=1S/C20H19N3O3S/c21-12-14-5-1-2-6-15(14)13-27-10-9-22-19(24)11-18-20(25)23-16-7-3-4-8-17(16)26-18/h1-8,18H,9-11,13H2,(H,22,24)(H,23,25)/t18-/m0/s1. The number of carbonyl (C=O) groups excluding carboxylic acids is 2. The number of rotatable bonds is 7. The summed E-state index contributed by atoms with van der Waals surface area (Å²) < 4.78 is 5.62. The summed E-state index contributed by atoms with van der Waals surface area (Å²) >= 11 is 1.64. The number of para-hydroxylation sites is 2. The maximum Gasteiger partial charge on any atom is 0.266 e. The van der Waals surface area contributed by atoms with Crippen molar-refractivity contribution >= 4 is 29.3 Å². The molecule has 27 heavy (non-hydrogen) atoms. The lowest BCUT2D eigenvalue weighted by molar-refractivity contribution is -0.130. The average molecular weight is 381 g/mol. The van der Waals surface area contributed by atoms with Gasteiger partial charge in [-0.15, -0.1) is 0 Å². The van der Waals surface area contributed by atoms with Gasteiger partial charge in [0.25, 0.3) is 5.91 Å². The van der Waals surface area contributed by atoms with E-state index in [2.05, 4.69) is 16.7 Å². The summed E-state index contributed by atoms with van der Waals surface area (Å²) in [6, 6.07) is 16.8. The molecule has 6 nitrogen and oxygen atoms in total. The van der Waals surface area contributed by atoms with Crippen molar-refractivity contribution < 1.29 is 14.3 Å². The molecule has 2 aromatic rings. The maximum atomic E-state index is 12.1. The molecule has 1 atom stereocenters. The number of benzene rings is 2. The molecular weight excluding hydrogens is 362 g/mol. The van der Waals surface area contributed by atoms with Gasteiger partial charge in [-0.1, -0.05) is 30.3 Å². The zero-order valence-corrected chi connectivity index (χ0v) is 15.4. The number of hydrogen-bond acceptors (Lipinski definition) is 5. The highest BCUT2D eigenvalue weighted by molar-refractivity contribution is 7.98. The SMILES string of the molecule is N#Cc1ccccc1CSCCNC(=O)C[C@@H]1Oc2ccccc2NC1=O. The van der Waals surface area contributed by atoms with Gasteiger partial charge >= 0.3 is 0 Å². The van der Waals surface area contributed by atoms with Crippen molar-refractivity contribution in [1.82, 2.24) is 5.32 Å². The first-order valence-electron chi connectivity index (χ1n) is 8.56. The van der Waals surface area contributed by atoms with E-state index in [0.29, 0.717) is 35.1 Å². The van der Waals surface area contributed by atoms with E-state index in [9.17, 15) is 9.59 Å². The van der Waals surface area contributed by atoms with Crippen LogP contribution in [-0.2, 0) is 15.3 Å². The average Bonchev–Trinajstić information content (AvgIpc) is 2.68. The number of nitrogens with zero attached hydrogens (tertiary/aromatic N) is 1. The molecule has 0 spiro atoms. The molecule has 0 fully saturated rings. The van der Waals surface area contributed by atoms with Crippen LogP contribution in [0.1, 0.15) is 17.5 Å². The largest absolute Gasteiger partial charge is 0.478 e. The zero-order chi connectivity index (χ0) is 19.1. The zero-order valence-electron chi connectivity index (χ0n) is 14.6. The van der Waals surface area contributed by atoms with E-state index in [-0.39, 0.29) is 18.2 Å². The van der Waals surface area contributed by atoms with E-state index in [1.165, 1.54) is 0 Å². The highest BCUT2D eigenvalue weighted by Gasteiger charge is 2.29. The normalized spacial score (nSPS) is 15.1. The summed E-state index contributed by atoms with van der Waals surface area (Å²) in [6.45, 7) is 0.489. The fourth-order valence-corrected chi connectivity index (χ4v) is 3.53. The number of fused-ring (bicyclic) bond motifs is 1. The molecule has 2 aromatic carbocycles. The molecule has 0 aromatic heterocycles. The Hall–Kier alpha value is -2.98. The van der Waals surface area contributed by atoms with E-state index < -0.39 is 6.10 Å². The Bertz CT molecular complexity index is 879. The highest BCUT2D eigenvalue weighted by atomic mass is 32.2. The first-order chi connectivity index (χ1) is 13.2. The molecule has 0 bridgehead atoms. The lowest BCUT2D eigenvalue weighted by Crippen LogP contribution is -2.41. The summed E-state index contributed by atoms with van der Waals surface area (Å²) in [6.07, 6.45) is -0.850. The number of thioether (sulfide) groups is 1. The van der Waals surface area contributed by atoms with Crippen molar-refractivity contribution in [1.29, 1.82) is 5.26 Å². The topological polar surface area (TPSA) is 91.2 Å². The van der Waals surface area contributed by atoms with Crippen LogP contribution in [-0.4, -0.2) is 30.2 Å². The molecule has 0 unspecified atom stereocenters. The van der Waals surface area contributed by atoms with Gasteiger partial charge in [-0.3, -0.25) is 9.59 Å². The first kappa shape index (κ1) is 18.8. The second-order valence-electron chi connectivity index (χ2n) is 5.97. The van der Waals surface area contributed by atoms with Crippen LogP contribution < -0.4 is 15.4 Å². The number of anilines is 1. The fourth-order valence-electron chi connectivity index (χ4n) is 2.67. The Morgan fingerprint density at radius 1 is 1.22 bits per heavy atom. The van der Waals surface area contributed by atoms with Crippen molar-refractivity contribution in [3.05, 3.63) is 59.7 Å². The number of carbonyl (C=O) groups is 2. The van der Waals surface area contributed by atoms with Crippen LogP contribution in [0.4, 0.5) is 5.69 Å². The predicted octanol–water partition coefficient (Wildman–Crippen LogP) is 2.70. The van der Waals surface area contributed by atoms with Gasteiger partial charge in [0.15, 0.2) is 6.10 Å². The minimum absolute atomic E-state index is 0.0257. The lowest BCUT2D eigenvalue weighted by atomic mass is 10.1. The summed E-state index contributed by atoms with van der Waals surface area (Å²) in [4.78, 5) is 24.1. The Morgan fingerprint density at radius 3 is 2.85 bits per heavy atom. The van der Waals surface area contributed by atoms with Gasteiger partial charge in [-0.05, 0) is 23.8 Å². The van der Waals surface area contributed by atoms with Gasteiger partial charge < -0.3 is 15.4 Å². The molecule has 0 saturated carbocycles. The molecule has 7 heteroatoms. The summed E-state index contributed by atoms with van der Waals surface area (Å²) in [5, 5.41) is 14.6. The smallest absolute Gasteiger partial charge is 0.266 e. The Morgan fingerprint density at radius 2 is 2.00 bits per heavy atom. The van der Waals surface area contributed by atoms with Gasteiger partial charge in [0.1, 0.15) is 5.75 Å². The van der Waals surface area contributed by atoms with E-state index in [0.717, 1.165) is 5.56 Å². The van der Waals surface area contributed by atoms with E-state index >= 15 is 0 Å². The number of ether oxygens (including phenoxy) is 1. The van der Waals surface area contributed by atoms with Gasteiger partial charge in [0, 0.05) is 18.1 Å². The first-order valence-corrected chi connectivity index (χ1v) is 9.72. The van der Waals surface area contributed by atoms with Crippen LogP contribution in [0.5, 0.6) is 5.75 Å². The molecule has 2 N–H and O–H groups in total. The fraction of sp³-hybridized carbons (Fsp3) is 0.250. The van der Waals surface area contributed by atoms with Crippen molar-refractivity contribution in [3.8, 4) is 11.8 Å². The van der Waals surface area contributed by atoms with E-state index in [1.807, 2.05) is 30.3 Å². The monoisotopic (exact) mass is 381 g/mol. The van der Waals surface area contributed by atoms with Crippen LogP contribution in [0, 0.1) is 11.3 Å². The third-order valence-electron chi connectivity index (χ3n) is 4.04. The molecule has 1 aliphatic heterocycles. The van der Waals surface area contributed by atoms with Crippen LogP contribution in [0.15, 0.2) is 48.5 Å². The third kappa shape index (κ3) is 5.02. The van der Waals surface area contributed by atoms with Crippen LogP contribution >= 0.6 is 11.8 Å². The number of amides is 2. The van der Waals surface area contributed by atoms with Gasteiger partial charge in [0.05, 0.1) is 23.7 Å². The Balaban J connectivity index is 1.39. The van der Waals surface area contributed by atoms with Gasteiger partial charge in [0.2, 0.25) is 5.91 Å². The van der Waals surface area contributed by atoms with Crippen molar-refractivity contribution in [2.45, 2.75) is 18.3 Å². The van der Waals surface area contributed by atoms with Crippen molar-refractivity contribution in [2.24, 2.45) is 0 Å². The van der Waals surface area contributed by atoms with E-state index in [4.69, 9.17) is 10.00 Å². The van der Waals surface area contributed by atoms with E-state index in [1.54, 1.807) is 30.0 Å². The number of nitriles is 1. The van der Waals surface area contributed by atoms with Gasteiger partial charge in [-0.25, -0.2) is 0 Å². The van der Waals surface area contributed by atoms with Gasteiger partial charge in [-0.2, -0.15) is 17.0 Å². The number of hydrogen-bond donors (Lipinski definition) is 2. The Kier molecular flexibility index (Phi) is 6.34. The molecule has 1 aliphatic rings. The molecule has 3 rings (SSSR count).